The molecule has 0 radical (unpaired) electrons. The first kappa shape index (κ1) is 16.7. The summed E-state index contributed by atoms with van der Waals surface area (Å²) in [6, 6.07) is 7.94. The Labute approximate surface area is 145 Å². The molecule has 1 aromatic carbocycles. The van der Waals surface area contributed by atoms with Crippen molar-refractivity contribution in [1.82, 2.24) is 25.5 Å². The summed E-state index contributed by atoms with van der Waals surface area (Å²) in [7, 11) is 3.79. The Morgan fingerprint density at radius 2 is 2.16 bits per heavy atom. The van der Waals surface area contributed by atoms with Gasteiger partial charge in [0.15, 0.2) is 0 Å². The molecular formula is C16H20N8O. The van der Waals surface area contributed by atoms with E-state index in [1.54, 1.807) is 13.3 Å². The molecule has 3 rings (SSSR count). The minimum absolute atomic E-state index is 0.246. The molecular weight excluding hydrogens is 320 g/mol. The maximum absolute atomic E-state index is 9.20. The van der Waals surface area contributed by atoms with E-state index in [-0.39, 0.29) is 11.4 Å². The maximum Gasteiger partial charge on any atom is 0.216 e. The molecule has 2 N–H and O–H groups in total. The highest BCUT2D eigenvalue weighted by Gasteiger charge is 2.17. The predicted octanol–water partition coefficient (Wildman–Crippen LogP) is 0.937. The molecule has 130 valence electrons. The number of piperazine rings is 1. The fourth-order valence-corrected chi connectivity index (χ4v) is 2.65. The van der Waals surface area contributed by atoms with Crippen molar-refractivity contribution in [3.8, 4) is 11.8 Å². The van der Waals surface area contributed by atoms with E-state index in [9.17, 15) is 5.26 Å². The molecule has 0 amide bonds. The highest BCUT2D eigenvalue weighted by atomic mass is 16.5. The van der Waals surface area contributed by atoms with Crippen LogP contribution >= 0.6 is 0 Å². The van der Waals surface area contributed by atoms with Crippen molar-refractivity contribution in [3.05, 3.63) is 30.2 Å². The number of nitrogens with zero attached hydrogens (tertiary/aromatic N) is 6. The van der Waals surface area contributed by atoms with Crippen LogP contribution in [-0.4, -0.2) is 65.9 Å². The van der Waals surface area contributed by atoms with Crippen LogP contribution in [0.4, 0.5) is 11.4 Å². The quantitative estimate of drug-likeness (QED) is 0.775. The van der Waals surface area contributed by atoms with Crippen molar-refractivity contribution in [2.75, 3.05) is 50.6 Å². The van der Waals surface area contributed by atoms with Crippen LogP contribution in [0.5, 0.6) is 5.75 Å². The summed E-state index contributed by atoms with van der Waals surface area (Å²) in [6.45, 7) is 4.00. The van der Waals surface area contributed by atoms with Gasteiger partial charge in [-0.3, -0.25) is 0 Å². The number of ether oxygens (including phenoxy) is 1. The van der Waals surface area contributed by atoms with E-state index in [1.165, 1.54) is 0 Å². The number of aromatic nitrogens is 4. The lowest BCUT2D eigenvalue weighted by atomic mass is 10.2. The Bertz CT molecular complexity index is 772. The van der Waals surface area contributed by atoms with Crippen LogP contribution in [0.2, 0.25) is 0 Å². The molecule has 25 heavy (non-hydrogen) atoms. The van der Waals surface area contributed by atoms with E-state index in [0.717, 1.165) is 43.3 Å². The number of hydrogen-bond donors (Lipinski definition) is 2. The number of benzene rings is 1. The van der Waals surface area contributed by atoms with Crippen molar-refractivity contribution in [2.24, 2.45) is 0 Å². The number of rotatable bonds is 5. The van der Waals surface area contributed by atoms with Gasteiger partial charge in [-0.1, -0.05) is 0 Å². The summed E-state index contributed by atoms with van der Waals surface area (Å²) in [6.07, 6.45) is 1.55. The van der Waals surface area contributed by atoms with Gasteiger partial charge in [0.05, 0.1) is 12.8 Å². The first-order chi connectivity index (χ1) is 12.2. The average molecular weight is 340 g/mol. The van der Waals surface area contributed by atoms with Gasteiger partial charge >= 0.3 is 0 Å². The molecule has 0 aliphatic carbocycles. The molecule has 1 aromatic heterocycles. The van der Waals surface area contributed by atoms with Gasteiger partial charge in [-0.05, 0) is 24.4 Å². The molecule has 9 heteroatoms. The fraction of sp³-hybridized carbons (Fsp3) is 0.375. The number of nitriles is 1. The number of allylic oxidation sites excluding steroid dienone is 1. The minimum Gasteiger partial charge on any atom is -0.495 e. The largest absolute Gasteiger partial charge is 0.495 e. The second kappa shape index (κ2) is 7.63. The summed E-state index contributed by atoms with van der Waals surface area (Å²) < 4.78 is 5.55. The molecule has 0 atom stereocenters. The molecule has 2 aromatic rings. The first-order valence-corrected chi connectivity index (χ1v) is 7.93. The van der Waals surface area contributed by atoms with Crippen LogP contribution in [0.1, 0.15) is 5.82 Å². The lowest BCUT2D eigenvalue weighted by Crippen LogP contribution is -2.44. The number of anilines is 2. The normalized spacial score (nSPS) is 15.7. The van der Waals surface area contributed by atoms with Gasteiger partial charge in [0.1, 0.15) is 17.4 Å². The summed E-state index contributed by atoms with van der Waals surface area (Å²) >= 11 is 0. The van der Waals surface area contributed by atoms with Crippen molar-refractivity contribution in [1.29, 1.82) is 5.26 Å². The molecule has 1 aliphatic heterocycles. The van der Waals surface area contributed by atoms with Crippen LogP contribution in [0.25, 0.3) is 5.57 Å². The third-order valence-electron chi connectivity index (χ3n) is 4.11. The van der Waals surface area contributed by atoms with E-state index in [0.29, 0.717) is 0 Å². The predicted molar refractivity (Wildman–Crippen MR) is 94.1 cm³/mol. The number of aromatic amines is 1. The van der Waals surface area contributed by atoms with Crippen LogP contribution < -0.4 is 15.0 Å². The Morgan fingerprint density at radius 3 is 2.80 bits per heavy atom. The van der Waals surface area contributed by atoms with Crippen LogP contribution in [0, 0.1) is 11.3 Å². The SMILES string of the molecule is COc1cc(NC=C(C#N)c2nn[nH]n2)ccc1N1CCN(C)CC1. The van der Waals surface area contributed by atoms with E-state index in [2.05, 4.69) is 42.8 Å². The van der Waals surface area contributed by atoms with Gasteiger partial charge in [0.25, 0.3) is 0 Å². The summed E-state index contributed by atoms with van der Waals surface area (Å²) in [5, 5.41) is 25.7. The van der Waals surface area contributed by atoms with Gasteiger partial charge in [-0.25, -0.2) is 0 Å². The third-order valence-corrected chi connectivity index (χ3v) is 4.11. The number of methoxy groups -OCH3 is 1. The fourth-order valence-electron chi connectivity index (χ4n) is 2.65. The molecule has 1 saturated heterocycles. The second-order valence-electron chi connectivity index (χ2n) is 5.73. The number of nitrogens with one attached hydrogen (secondary N) is 2. The first-order valence-electron chi connectivity index (χ1n) is 7.93. The zero-order valence-electron chi connectivity index (χ0n) is 14.2. The molecule has 9 nitrogen and oxygen atoms in total. The van der Waals surface area contributed by atoms with Crippen molar-refractivity contribution in [2.45, 2.75) is 0 Å². The molecule has 0 saturated carbocycles. The second-order valence-corrected chi connectivity index (χ2v) is 5.73. The highest BCUT2D eigenvalue weighted by molar-refractivity contribution is 5.75. The summed E-state index contributed by atoms with van der Waals surface area (Å²) in [5.74, 6) is 1.04. The Balaban J connectivity index is 1.76. The van der Waals surface area contributed by atoms with Gasteiger partial charge in [-0.2, -0.15) is 10.5 Å². The minimum atomic E-state index is 0.246. The van der Waals surface area contributed by atoms with Crippen molar-refractivity contribution in [3.63, 3.8) is 0 Å². The topological polar surface area (TPSA) is 106 Å². The van der Waals surface area contributed by atoms with Crippen LogP contribution in [0.15, 0.2) is 24.4 Å². The van der Waals surface area contributed by atoms with Crippen molar-refractivity contribution >= 4 is 16.9 Å². The molecule has 2 heterocycles. The highest BCUT2D eigenvalue weighted by Crippen LogP contribution is 2.32. The summed E-state index contributed by atoms with van der Waals surface area (Å²) in [4.78, 5) is 4.63. The molecule has 1 fully saturated rings. The van der Waals surface area contributed by atoms with Gasteiger partial charge in [-0.15, -0.1) is 10.2 Å². The molecule has 0 spiro atoms. The standard InChI is InChI=1S/C16H20N8O/c1-23-5-7-24(8-6-23)14-4-3-13(9-15(14)25-2)18-11-12(10-17)16-19-21-22-20-16/h3-4,9,11,18H,5-8H2,1-2H3,(H,19,20,21,22). The van der Waals surface area contributed by atoms with Gasteiger partial charge in [0, 0.05) is 44.1 Å². The lowest BCUT2D eigenvalue weighted by molar-refractivity contribution is 0.311. The van der Waals surface area contributed by atoms with E-state index < -0.39 is 0 Å². The van der Waals surface area contributed by atoms with Crippen molar-refractivity contribution < 1.29 is 4.74 Å². The van der Waals surface area contributed by atoms with E-state index >= 15 is 0 Å². The summed E-state index contributed by atoms with van der Waals surface area (Å²) in [5.41, 5.74) is 2.17. The van der Waals surface area contributed by atoms with Crippen LogP contribution in [0.3, 0.4) is 0 Å². The zero-order chi connectivity index (χ0) is 17.6. The molecule has 0 bridgehead atoms. The number of hydrogen-bond acceptors (Lipinski definition) is 8. The lowest BCUT2D eigenvalue weighted by Gasteiger charge is -2.34. The Morgan fingerprint density at radius 1 is 1.36 bits per heavy atom. The maximum atomic E-state index is 9.20. The van der Waals surface area contributed by atoms with Crippen LogP contribution in [-0.2, 0) is 0 Å². The monoisotopic (exact) mass is 340 g/mol. The smallest absolute Gasteiger partial charge is 0.216 e. The number of H-pyrrole nitrogens is 1. The van der Waals surface area contributed by atoms with E-state index in [4.69, 9.17) is 4.74 Å². The molecule has 0 unspecified atom stereocenters. The van der Waals surface area contributed by atoms with E-state index in [1.807, 2.05) is 24.3 Å². The van der Waals surface area contributed by atoms with Gasteiger partial charge < -0.3 is 19.9 Å². The molecule has 1 aliphatic rings. The average Bonchev–Trinajstić information content (AvgIpc) is 3.17. The Hall–Kier alpha value is -3.12. The number of tetrazole rings is 1. The third kappa shape index (κ3) is 3.87. The zero-order valence-corrected chi connectivity index (χ0v) is 14.2. The van der Waals surface area contributed by atoms with Gasteiger partial charge in [0.2, 0.25) is 5.82 Å². The Kier molecular flexibility index (Phi) is 5.11. The number of likely N-dealkylation sites (N-methyl/N-ethyl adjacent to an activating group) is 1.